The largest absolute Gasteiger partial charge is 0.435 e. The maximum Gasteiger partial charge on any atom is 0.435 e. The van der Waals surface area contributed by atoms with Crippen molar-refractivity contribution in [1.82, 2.24) is 25.1 Å². The zero-order valence-corrected chi connectivity index (χ0v) is 14.4. The lowest BCUT2D eigenvalue weighted by atomic mass is 9.77. The highest BCUT2D eigenvalue weighted by Crippen LogP contribution is 2.40. The Morgan fingerprint density at radius 2 is 1.96 bits per heavy atom. The zero-order valence-electron chi connectivity index (χ0n) is 13.6. The third kappa shape index (κ3) is 3.28. The van der Waals surface area contributed by atoms with Crippen molar-refractivity contribution in [3.63, 3.8) is 0 Å². The number of alkyl halides is 3. The molecule has 0 bridgehead atoms. The van der Waals surface area contributed by atoms with Gasteiger partial charge in [-0.05, 0) is 37.5 Å². The van der Waals surface area contributed by atoms with Crippen molar-refractivity contribution in [3.8, 4) is 17.3 Å². The van der Waals surface area contributed by atoms with Crippen molar-refractivity contribution in [2.75, 3.05) is 0 Å². The Balaban J connectivity index is 0.00000210. The molecule has 2 heterocycles. The first kappa shape index (κ1) is 19.2. The second-order valence-electron chi connectivity index (χ2n) is 6.11. The number of hydrogen-bond acceptors (Lipinski definition) is 6. The van der Waals surface area contributed by atoms with Crippen LogP contribution in [0, 0.1) is 5.82 Å². The molecule has 0 radical (unpaired) electrons. The van der Waals surface area contributed by atoms with Crippen molar-refractivity contribution in [1.29, 1.82) is 0 Å². The maximum atomic E-state index is 13.6. The van der Waals surface area contributed by atoms with Crippen molar-refractivity contribution in [3.05, 3.63) is 41.6 Å². The molecule has 27 heavy (non-hydrogen) atoms. The van der Waals surface area contributed by atoms with Crippen LogP contribution in [0.2, 0.25) is 0 Å². The van der Waals surface area contributed by atoms with Gasteiger partial charge in [0, 0.05) is 0 Å². The first-order valence-corrected chi connectivity index (χ1v) is 7.70. The lowest BCUT2D eigenvalue weighted by Gasteiger charge is -2.34. The fourth-order valence-corrected chi connectivity index (χ4v) is 2.77. The predicted octanol–water partition coefficient (Wildman–Crippen LogP) is 3.23. The van der Waals surface area contributed by atoms with Gasteiger partial charge in [-0.25, -0.2) is 9.07 Å². The molecule has 0 saturated heterocycles. The summed E-state index contributed by atoms with van der Waals surface area (Å²) < 4.78 is 59.7. The fraction of sp³-hybridized carbons (Fsp3) is 0.333. The molecule has 0 spiro atoms. The number of benzene rings is 1. The second-order valence-corrected chi connectivity index (χ2v) is 6.11. The van der Waals surface area contributed by atoms with Gasteiger partial charge in [-0.1, -0.05) is 16.4 Å². The monoisotopic (exact) mass is 404 g/mol. The highest BCUT2D eigenvalue weighted by molar-refractivity contribution is 5.85. The maximum absolute atomic E-state index is 13.6. The smallest absolute Gasteiger partial charge is 0.332 e. The van der Waals surface area contributed by atoms with Gasteiger partial charge in [0.05, 0.1) is 11.2 Å². The summed E-state index contributed by atoms with van der Waals surface area (Å²) in [6.45, 7) is 0. The topological polar surface area (TPSA) is 95.6 Å². The molecule has 2 N–H and O–H groups in total. The third-order valence-corrected chi connectivity index (χ3v) is 4.31. The Hall–Kier alpha value is -2.53. The normalized spacial score (nSPS) is 15.9. The highest BCUT2D eigenvalue weighted by atomic mass is 35.5. The van der Waals surface area contributed by atoms with Crippen molar-refractivity contribution >= 4 is 12.4 Å². The van der Waals surface area contributed by atoms with Gasteiger partial charge in [0.1, 0.15) is 5.82 Å². The Bertz CT molecular complexity index is 965. The first-order valence-electron chi connectivity index (χ1n) is 7.70. The summed E-state index contributed by atoms with van der Waals surface area (Å²) in [6, 6.07) is 4.57. The molecule has 1 fully saturated rings. The van der Waals surface area contributed by atoms with Crippen molar-refractivity contribution < 1.29 is 22.1 Å². The minimum absolute atomic E-state index is 0. The van der Waals surface area contributed by atoms with Gasteiger partial charge in [-0.2, -0.15) is 18.2 Å². The van der Waals surface area contributed by atoms with Crippen LogP contribution in [0.4, 0.5) is 17.6 Å². The molecule has 0 aliphatic heterocycles. The van der Waals surface area contributed by atoms with E-state index in [0.717, 1.165) is 18.6 Å². The van der Waals surface area contributed by atoms with E-state index < -0.39 is 34.8 Å². The van der Waals surface area contributed by atoms with E-state index in [-0.39, 0.29) is 23.9 Å². The number of halogens is 5. The Morgan fingerprint density at radius 3 is 2.56 bits per heavy atom. The zero-order chi connectivity index (χ0) is 18.5. The lowest BCUT2D eigenvalue weighted by Crippen LogP contribution is -2.44. The van der Waals surface area contributed by atoms with E-state index in [1.807, 2.05) is 0 Å². The van der Waals surface area contributed by atoms with E-state index in [0.29, 0.717) is 17.5 Å². The minimum atomic E-state index is -4.84. The Labute approximate surface area is 155 Å². The molecule has 144 valence electrons. The van der Waals surface area contributed by atoms with Crippen molar-refractivity contribution in [2.24, 2.45) is 5.73 Å². The predicted molar refractivity (Wildman–Crippen MR) is 86.6 cm³/mol. The summed E-state index contributed by atoms with van der Waals surface area (Å²) in [5, 5.41) is 10.7. The molecule has 0 atom stereocenters. The first-order chi connectivity index (χ1) is 12.3. The molecule has 1 aromatic carbocycles. The summed E-state index contributed by atoms with van der Waals surface area (Å²) in [5.41, 5.74) is 3.26. The van der Waals surface area contributed by atoms with Gasteiger partial charge in [-0.15, -0.1) is 17.5 Å². The highest BCUT2D eigenvalue weighted by Gasteiger charge is 2.43. The number of hydrogen-bond donors (Lipinski definition) is 1. The molecule has 1 saturated carbocycles. The van der Waals surface area contributed by atoms with E-state index in [1.165, 1.54) is 12.1 Å². The molecule has 1 aliphatic carbocycles. The average Bonchev–Trinajstić information content (AvgIpc) is 3.19. The molecule has 3 aromatic rings. The number of aromatic nitrogens is 5. The van der Waals surface area contributed by atoms with E-state index >= 15 is 0 Å². The molecule has 0 amide bonds. The van der Waals surface area contributed by atoms with E-state index in [4.69, 9.17) is 10.3 Å². The van der Waals surface area contributed by atoms with Crippen LogP contribution in [0.5, 0.6) is 0 Å². The van der Waals surface area contributed by atoms with Crippen LogP contribution in [0.15, 0.2) is 28.8 Å². The van der Waals surface area contributed by atoms with Gasteiger partial charge in [-0.3, -0.25) is 0 Å². The van der Waals surface area contributed by atoms with Crippen LogP contribution in [0.1, 0.15) is 30.8 Å². The molecule has 4 rings (SSSR count). The average molecular weight is 405 g/mol. The second kappa shape index (κ2) is 6.57. The van der Waals surface area contributed by atoms with Gasteiger partial charge in [0.2, 0.25) is 0 Å². The minimum Gasteiger partial charge on any atom is -0.332 e. The quantitative estimate of drug-likeness (QED) is 0.673. The van der Waals surface area contributed by atoms with Gasteiger partial charge < -0.3 is 10.3 Å². The van der Waals surface area contributed by atoms with Crippen LogP contribution in [0.3, 0.4) is 0 Å². The SMILES string of the molecule is Cl.NC1(c2noc(-c3nnn(-c4cccc(F)c4)c3C(F)(F)F)n2)CCC1. The van der Waals surface area contributed by atoms with E-state index in [9.17, 15) is 17.6 Å². The Morgan fingerprint density at radius 1 is 1.22 bits per heavy atom. The van der Waals surface area contributed by atoms with Crippen LogP contribution in [-0.2, 0) is 11.7 Å². The van der Waals surface area contributed by atoms with Gasteiger partial charge in [0.15, 0.2) is 17.2 Å². The van der Waals surface area contributed by atoms with Crippen LogP contribution in [0.25, 0.3) is 17.3 Å². The Kier molecular flexibility index (Phi) is 4.68. The van der Waals surface area contributed by atoms with Gasteiger partial charge in [0.25, 0.3) is 5.89 Å². The van der Waals surface area contributed by atoms with Crippen LogP contribution in [-0.4, -0.2) is 25.1 Å². The summed E-state index contributed by atoms with van der Waals surface area (Å²) in [7, 11) is 0. The number of nitrogens with zero attached hydrogens (tertiary/aromatic N) is 5. The van der Waals surface area contributed by atoms with E-state index in [2.05, 4.69) is 20.5 Å². The van der Waals surface area contributed by atoms with E-state index in [1.54, 1.807) is 0 Å². The summed E-state index contributed by atoms with van der Waals surface area (Å²) in [4.78, 5) is 3.98. The molecular formula is C15H13ClF4N6O. The van der Waals surface area contributed by atoms with Gasteiger partial charge >= 0.3 is 6.18 Å². The number of nitrogens with two attached hydrogens (primary N) is 1. The van der Waals surface area contributed by atoms with Crippen LogP contribution >= 0.6 is 12.4 Å². The summed E-state index contributed by atoms with van der Waals surface area (Å²) >= 11 is 0. The standard InChI is InChI=1S/C15H12F4N6O.ClH/c16-8-3-1-4-9(7-8)25-11(15(17,18)19)10(22-24-25)12-21-13(23-26-12)14(20)5-2-6-14;/h1,3-4,7H,2,5-6,20H2;1H. The summed E-state index contributed by atoms with van der Waals surface area (Å²) in [5.74, 6) is -1.01. The number of rotatable bonds is 3. The summed E-state index contributed by atoms with van der Waals surface area (Å²) in [6.07, 6.45) is -2.72. The molecule has 0 unspecified atom stereocenters. The third-order valence-electron chi connectivity index (χ3n) is 4.31. The lowest BCUT2D eigenvalue weighted by molar-refractivity contribution is -0.142. The molecule has 2 aromatic heterocycles. The fourth-order valence-electron chi connectivity index (χ4n) is 2.77. The molecule has 12 heteroatoms. The molecule has 1 aliphatic rings. The molecule has 7 nitrogen and oxygen atoms in total. The van der Waals surface area contributed by atoms with Crippen LogP contribution < -0.4 is 5.73 Å². The molecular weight excluding hydrogens is 392 g/mol. The van der Waals surface area contributed by atoms with Crippen molar-refractivity contribution in [2.45, 2.75) is 31.0 Å².